The molecule has 0 aromatic heterocycles. The Morgan fingerprint density at radius 2 is 0.868 bits per heavy atom. The highest BCUT2D eigenvalue weighted by Crippen LogP contribution is 2.22. The van der Waals surface area contributed by atoms with E-state index in [0.717, 1.165) is 37.4 Å². The number of nitrogens with zero attached hydrogens (tertiary/aromatic N) is 2. The van der Waals surface area contributed by atoms with E-state index >= 15 is 0 Å². The normalized spacial score (nSPS) is 18.3. The first-order valence-corrected chi connectivity index (χ1v) is 13.5. The monoisotopic (exact) mass is 506 g/mol. The molecule has 4 heteroatoms. The van der Waals surface area contributed by atoms with Gasteiger partial charge >= 0.3 is 0 Å². The lowest BCUT2D eigenvalue weighted by Crippen LogP contribution is -2.56. The Morgan fingerprint density at radius 3 is 1.24 bits per heavy atom. The number of ether oxygens (including phenoxy) is 2. The van der Waals surface area contributed by atoms with Crippen LogP contribution in [0.3, 0.4) is 0 Å². The Morgan fingerprint density at radius 1 is 0.500 bits per heavy atom. The van der Waals surface area contributed by atoms with Crippen LogP contribution in [-0.2, 0) is 26.1 Å². The number of rotatable bonds is 10. The minimum absolute atomic E-state index is 0.501. The molecule has 0 aliphatic carbocycles. The van der Waals surface area contributed by atoms with Gasteiger partial charge in [-0.25, -0.2) is 0 Å². The Balaban J connectivity index is 1.09. The second-order valence-corrected chi connectivity index (χ2v) is 10.4. The molecule has 4 aromatic carbocycles. The highest BCUT2D eigenvalue weighted by molar-refractivity contribution is 5.30. The summed E-state index contributed by atoms with van der Waals surface area (Å²) in [6.45, 7) is 3.32. The minimum Gasteiger partial charge on any atom is -0.489 e. The van der Waals surface area contributed by atoms with Crippen molar-refractivity contribution in [3.63, 3.8) is 0 Å². The maximum absolute atomic E-state index is 5.96. The Hall–Kier alpha value is -3.60. The van der Waals surface area contributed by atoms with E-state index in [4.69, 9.17) is 9.47 Å². The van der Waals surface area contributed by atoms with E-state index in [-0.39, 0.29) is 0 Å². The highest BCUT2D eigenvalue weighted by Gasteiger charge is 2.29. The van der Waals surface area contributed by atoms with Crippen LogP contribution < -0.4 is 9.47 Å². The van der Waals surface area contributed by atoms with Gasteiger partial charge in [0.2, 0.25) is 0 Å². The summed E-state index contributed by atoms with van der Waals surface area (Å²) >= 11 is 0. The van der Waals surface area contributed by atoms with Gasteiger partial charge in [-0.15, -0.1) is 0 Å². The van der Waals surface area contributed by atoms with Gasteiger partial charge in [-0.2, -0.15) is 0 Å². The van der Waals surface area contributed by atoms with Crippen LogP contribution in [0.5, 0.6) is 11.5 Å². The molecular weight excluding hydrogens is 468 g/mol. The lowest BCUT2D eigenvalue weighted by molar-refractivity contribution is 0.0633. The molecule has 196 valence electrons. The lowest BCUT2D eigenvalue weighted by atomic mass is 9.97. The number of likely N-dealkylation sites (N-methyl/N-ethyl adjacent to an activating group) is 2. The molecule has 0 radical (unpaired) electrons. The third kappa shape index (κ3) is 7.25. The van der Waals surface area contributed by atoms with E-state index in [1.165, 1.54) is 22.3 Å². The molecule has 1 heterocycles. The number of hydrogen-bond acceptors (Lipinski definition) is 4. The van der Waals surface area contributed by atoms with Crippen LogP contribution in [-0.4, -0.2) is 49.1 Å². The second kappa shape index (κ2) is 12.8. The van der Waals surface area contributed by atoms with E-state index in [9.17, 15) is 0 Å². The molecule has 2 atom stereocenters. The van der Waals surface area contributed by atoms with Crippen molar-refractivity contribution in [2.24, 2.45) is 0 Å². The van der Waals surface area contributed by atoms with Gasteiger partial charge in [0.25, 0.3) is 0 Å². The molecule has 1 fully saturated rings. The van der Waals surface area contributed by atoms with Crippen LogP contribution in [0, 0.1) is 0 Å². The predicted molar refractivity (Wildman–Crippen MR) is 155 cm³/mol. The van der Waals surface area contributed by atoms with Crippen LogP contribution in [0.4, 0.5) is 0 Å². The van der Waals surface area contributed by atoms with Crippen LogP contribution in [0.1, 0.15) is 22.3 Å². The van der Waals surface area contributed by atoms with Crippen LogP contribution >= 0.6 is 0 Å². The largest absolute Gasteiger partial charge is 0.489 e. The van der Waals surface area contributed by atoms with Gasteiger partial charge in [-0.3, -0.25) is 0 Å². The van der Waals surface area contributed by atoms with Gasteiger partial charge in [-0.1, -0.05) is 84.9 Å². The summed E-state index contributed by atoms with van der Waals surface area (Å²) in [7, 11) is 4.53. The van der Waals surface area contributed by atoms with Gasteiger partial charge in [-0.05, 0) is 73.5 Å². The van der Waals surface area contributed by atoms with Crippen LogP contribution in [0.2, 0.25) is 0 Å². The molecule has 0 N–H and O–H groups in total. The molecule has 0 amide bonds. The van der Waals surface area contributed by atoms with Crippen molar-refractivity contribution in [3.8, 4) is 11.5 Å². The summed E-state index contributed by atoms with van der Waals surface area (Å²) in [4.78, 5) is 5.06. The molecule has 4 nitrogen and oxygen atoms in total. The molecule has 38 heavy (non-hydrogen) atoms. The standard InChI is InChI=1S/C34H38N2O2/c1-35-23-32(22-28-15-19-34(20-16-28)38-26-30-11-7-4-8-12-30)36(2)24-31(35)21-27-13-17-33(18-14-27)37-25-29-9-5-3-6-10-29/h3-20,31-32H,21-26H2,1-2H3/t31-,32+. The van der Waals surface area contributed by atoms with E-state index in [1.807, 2.05) is 36.4 Å². The maximum Gasteiger partial charge on any atom is 0.119 e. The van der Waals surface area contributed by atoms with Crippen molar-refractivity contribution < 1.29 is 9.47 Å². The Kier molecular flexibility index (Phi) is 8.75. The molecule has 0 saturated carbocycles. The SMILES string of the molecule is CN1C[C@H](Cc2ccc(OCc3ccccc3)cc2)N(C)C[C@H]1Cc1ccc(OCc2ccccc2)cc1. The first kappa shape index (κ1) is 26.0. The molecule has 1 aliphatic rings. The van der Waals surface area contributed by atoms with Gasteiger partial charge < -0.3 is 19.3 Å². The van der Waals surface area contributed by atoms with Crippen molar-refractivity contribution in [2.75, 3.05) is 27.2 Å². The fourth-order valence-corrected chi connectivity index (χ4v) is 5.15. The third-order valence-electron chi connectivity index (χ3n) is 7.53. The van der Waals surface area contributed by atoms with Crippen LogP contribution in [0.15, 0.2) is 109 Å². The zero-order chi connectivity index (χ0) is 26.2. The van der Waals surface area contributed by atoms with Crippen molar-refractivity contribution in [2.45, 2.75) is 38.1 Å². The van der Waals surface area contributed by atoms with Gasteiger partial charge in [0, 0.05) is 25.2 Å². The van der Waals surface area contributed by atoms with E-state index in [1.54, 1.807) is 0 Å². The smallest absolute Gasteiger partial charge is 0.119 e. The molecule has 1 saturated heterocycles. The average Bonchev–Trinajstić information content (AvgIpc) is 2.96. The Labute approximate surface area is 227 Å². The lowest BCUT2D eigenvalue weighted by Gasteiger charge is -2.43. The quantitative estimate of drug-likeness (QED) is 0.254. The Bertz CT molecular complexity index is 1140. The summed E-state index contributed by atoms with van der Waals surface area (Å²) in [5, 5.41) is 0. The fourth-order valence-electron chi connectivity index (χ4n) is 5.15. The number of hydrogen-bond donors (Lipinski definition) is 0. The molecule has 0 unspecified atom stereocenters. The molecule has 1 aliphatic heterocycles. The van der Waals surface area contributed by atoms with Gasteiger partial charge in [0.05, 0.1) is 0 Å². The third-order valence-corrected chi connectivity index (χ3v) is 7.53. The first-order chi connectivity index (χ1) is 18.6. The molecule has 0 spiro atoms. The molecule has 0 bridgehead atoms. The van der Waals surface area contributed by atoms with Crippen molar-refractivity contribution >= 4 is 0 Å². The summed E-state index contributed by atoms with van der Waals surface area (Å²) in [5.74, 6) is 1.84. The highest BCUT2D eigenvalue weighted by atomic mass is 16.5. The summed E-state index contributed by atoms with van der Waals surface area (Å²) < 4.78 is 11.9. The van der Waals surface area contributed by atoms with Crippen LogP contribution in [0.25, 0.3) is 0 Å². The van der Waals surface area contributed by atoms with Crippen molar-refractivity contribution in [1.82, 2.24) is 9.80 Å². The zero-order valence-corrected chi connectivity index (χ0v) is 22.5. The average molecular weight is 507 g/mol. The van der Waals surface area contributed by atoms with Gasteiger partial charge in [0.1, 0.15) is 24.7 Å². The predicted octanol–water partition coefficient (Wildman–Crippen LogP) is 6.24. The van der Waals surface area contributed by atoms with Gasteiger partial charge in [0.15, 0.2) is 0 Å². The van der Waals surface area contributed by atoms with E-state index in [0.29, 0.717) is 25.3 Å². The minimum atomic E-state index is 0.501. The summed E-state index contributed by atoms with van der Waals surface area (Å²) in [5.41, 5.74) is 5.08. The fraction of sp³-hybridized carbons (Fsp3) is 0.294. The molecule has 5 rings (SSSR count). The topological polar surface area (TPSA) is 24.9 Å². The first-order valence-electron chi connectivity index (χ1n) is 13.5. The molecular formula is C34H38N2O2. The van der Waals surface area contributed by atoms with E-state index in [2.05, 4.69) is 96.7 Å². The number of piperazine rings is 1. The maximum atomic E-state index is 5.96. The second-order valence-electron chi connectivity index (χ2n) is 10.4. The molecule has 4 aromatic rings. The summed E-state index contributed by atoms with van der Waals surface area (Å²) in [6, 6.07) is 38.8. The van der Waals surface area contributed by atoms with Crippen molar-refractivity contribution in [1.29, 1.82) is 0 Å². The van der Waals surface area contributed by atoms with E-state index < -0.39 is 0 Å². The van der Waals surface area contributed by atoms with Crippen molar-refractivity contribution in [3.05, 3.63) is 131 Å². The number of benzene rings is 4. The summed E-state index contributed by atoms with van der Waals surface area (Å²) in [6.07, 6.45) is 2.08. The zero-order valence-electron chi connectivity index (χ0n) is 22.5.